The van der Waals surface area contributed by atoms with E-state index in [2.05, 4.69) is 19.2 Å². The predicted octanol–water partition coefficient (Wildman–Crippen LogP) is 3.00. The molecule has 3 heteroatoms. The van der Waals surface area contributed by atoms with E-state index in [0.29, 0.717) is 5.92 Å². The number of nitrogens with zero attached hydrogens (tertiary/aromatic N) is 2. The number of aromatic nitrogens is 2. The first kappa shape index (κ1) is 12.1. The van der Waals surface area contributed by atoms with Gasteiger partial charge in [-0.3, -0.25) is 0 Å². The predicted molar refractivity (Wildman–Crippen MR) is 72.6 cm³/mol. The fourth-order valence-corrected chi connectivity index (χ4v) is 2.92. The standard InChI is InChI=1S/C15H23N3/c1-10-14(9-16-13-7-8-13)11(2)18-15(17-10)12-5-3-4-6-12/h12-13,16H,3-9H2,1-2H3. The minimum absolute atomic E-state index is 0.618. The van der Waals surface area contributed by atoms with E-state index >= 15 is 0 Å². The molecule has 0 saturated heterocycles. The summed E-state index contributed by atoms with van der Waals surface area (Å²) in [6, 6.07) is 0.748. The van der Waals surface area contributed by atoms with Crippen LogP contribution in [0.4, 0.5) is 0 Å². The van der Waals surface area contributed by atoms with Crippen LogP contribution in [0, 0.1) is 13.8 Å². The second-order valence-corrected chi connectivity index (χ2v) is 5.87. The zero-order chi connectivity index (χ0) is 12.5. The first-order valence-corrected chi connectivity index (χ1v) is 7.31. The Hall–Kier alpha value is -0.960. The van der Waals surface area contributed by atoms with Crippen LogP contribution in [0.25, 0.3) is 0 Å². The molecule has 98 valence electrons. The van der Waals surface area contributed by atoms with E-state index in [1.807, 2.05) is 0 Å². The summed E-state index contributed by atoms with van der Waals surface area (Å²) in [4.78, 5) is 9.53. The van der Waals surface area contributed by atoms with Crippen molar-refractivity contribution in [2.45, 2.75) is 70.9 Å². The summed E-state index contributed by atoms with van der Waals surface area (Å²) in [5.74, 6) is 1.71. The fraction of sp³-hybridized carbons (Fsp3) is 0.733. The van der Waals surface area contributed by atoms with Gasteiger partial charge in [-0.05, 0) is 39.5 Å². The van der Waals surface area contributed by atoms with Gasteiger partial charge < -0.3 is 5.32 Å². The van der Waals surface area contributed by atoms with Crippen molar-refractivity contribution in [1.82, 2.24) is 15.3 Å². The maximum absolute atomic E-state index is 4.76. The van der Waals surface area contributed by atoms with Crippen molar-refractivity contribution in [3.05, 3.63) is 22.8 Å². The second-order valence-electron chi connectivity index (χ2n) is 5.87. The van der Waals surface area contributed by atoms with Crippen molar-refractivity contribution in [2.24, 2.45) is 0 Å². The third kappa shape index (κ3) is 2.56. The van der Waals surface area contributed by atoms with Gasteiger partial charge in [-0.1, -0.05) is 12.8 Å². The summed E-state index contributed by atoms with van der Waals surface area (Å²) in [7, 11) is 0. The maximum atomic E-state index is 4.76. The van der Waals surface area contributed by atoms with Crippen LogP contribution in [0.5, 0.6) is 0 Å². The number of hydrogen-bond acceptors (Lipinski definition) is 3. The lowest BCUT2D eigenvalue weighted by atomic mass is 10.1. The Morgan fingerprint density at radius 3 is 2.17 bits per heavy atom. The molecule has 2 fully saturated rings. The Balaban J connectivity index is 1.77. The van der Waals surface area contributed by atoms with Gasteiger partial charge in [-0.2, -0.15) is 0 Å². The molecule has 0 aliphatic heterocycles. The molecule has 18 heavy (non-hydrogen) atoms. The van der Waals surface area contributed by atoms with Crippen LogP contribution in [0.2, 0.25) is 0 Å². The van der Waals surface area contributed by atoms with E-state index in [1.54, 1.807) is 0 Å². The molecule has 0 aromatic carbocycles. The summed E-state index contributed by atoms with van der Waals surface area (Å²) in [6.45, 7) is 5.21. The van der Waals surface area contributed by atoms with Gasteiger partial charge in [0.2, 0.25) is 0 Å². The van der Waals surface area contributed by atoms with Crippen LogP contribution in [0.3, 0.4) is 0 Å². The Morgan fingerprint density at radius 2 is 1.61 bits per heavy atom. The molecular formula is C15H23N3. The number of rotatable bonds is 4. The topological polar surface area (TPSA) is 37.8 Å². The highest BCUT2D eigenvalue weighted by Crippen LogP contribution is 2.32. The third-order valence-corrected chi connectivity index (χ3v) is 4.30. The molecule has 0 atom stereocenters. The minimum Gasteiger partial charge on any atom is -0.310 e. The van der Waals surface area contributed by atoms with Crippen molar-refractivity contribution >= 4 is 0 Å². The van der Waals surface area contributed by atoms with E-state index in [1.165, 1.54) is 55.5 Å². The van der Waals surface area contributed by atoms with Crippen molar-refractivity contribution in [2.75, 3.05) is 0 Å². The molecule has 1 heterocycles. The van der Waals surface area contributed by atoms with Gasteiger partial charge in [-0.15, -0.1) is 0 Å². The quantitative estimate of drug-likeness (QED) is 0.886. The minimum atomic E-state index is 0.618. The zero-order valence-electron chi connectivity index (χ0n) is 11.5. The second kappa shape index (κ2) is 4.96. The normalized spacial score (nSPS) is 20.6. The van der Waals surface area contributed by atoms with Gasteiger partial charge in [0.25, 0.3) is 0 Å². The van der Waals surface area contributed by atoms with Gasteiger partial charge in [0.15, 0.2) is 0 Å². The van der Waals surface area contributed by atoms with Crippen molar-refractivity contribution < 1.29 is 0 Å². The Kier molecular flexibility index (Phi) is 3.33. The van der Waals surface area contributed by atoms with Crippen LogP contribution in [0.1, 0.15) is 67.2 Å². The van der Waals surface area contributed by atoms with Crippen LogP contribution in [-0.4, -0.2) is 16.0 Å². The molecule has 0 radical (unpaired) electrons. The van der Waals surface area contributed by atoms with Gasteiger partial charge in [0, 0.05) is 35.5 Å². The van der Waals surface area contributed by atoms with Crippen molar-refractivity contribution in [1.29, 1.82) is 0 Å². The SMILES string of the molecule is Cc1nc(C2CCCC2)nc(C)c1CNC1CC1. The summed E-state index contributed by atoms with van der Waals surface area (Å²) in [6.07, 6.45) is 7.91. The highest BCUT2D eigenvalue weighted by atomic mass is 15.0. The lowest BCUT2D eigenvalue weighted by Crippen LogP contribution is -2.19. The maximum Gasteiger partial charge on any atom is 0.131 e. The molecule has 1 aromatic heterocycles. The van der Waals surface area contributed by atoms with Crippen LogP contribution >= 0.6 is 0 Å². The Bertz CT molecular complexity index is 408. The number of hydrogen-bond donors (Lipinski definition) is 1. The molecular weight excluding hydrogens is 222 g/mol. The Morgan fingerprint density at radius 1 is 1.00 bits per heavy atom. The lowest BCUT2D eigenvalue weighted by molar-refractivity contribution is 0.638. The summed E-state index contributed by atoms with van der Waals surface area (Å²) in [5, 5.41) is 3.56. The molecule has 3 rings (SSSR count). The molecule has 1 aromatic rings. The fourth-order valence-electron chi connectivity index (χ4n) is 2.92. The lowest BCUT2D eigenvalue weighted by Gasteiger charge is -2.14. The van der Waals surface area contributed by atoms with Crippen molar-refractivity contribution in [3.63, 3.8) is 0 Å². The first-order chi connectivity index (χ1) is 8.74. The van der Waals surface area contributed by atoms with Crippen molar-refractivity contribution in [3.8, 4) is 0 Å². The van der Waals surface area contributed by atoms with E-state index in [9.17, 15) is 0 Å². The molecule has 2 aliphatic rings. The molecule has 3 nitrogen and oxygen atoms in total. The number of nitrogens with one attached hydrogen (secondary N) is 1. The molecule has 2 saturated carbocycles. The molecule has 0 amide bonds. The average molecular weight is 245 g/mol. The summed E-state index contributed by atoms with van der Waals surface area (Å²) < 4.78 is 0. The summed E-state index contributed by atoms with van der Waals surface area (Å²) >= 11 is 0. The van der Waals surface area contributed by atoms with Gasteiger partial charge in [0.1, 0.15) is 5.82 Å². The zero-order valence-corrected chi connectivity index (χ0v) is 11.5. The smallest absolute Gasteiger partial charge is 0.131 e. The highest BCUT2D eigenvalue weighted by Gasteiger charge is 2.23. The molecule has 0 unspecified atom stereocenters. The van der Waals surface area contributed by atoms with E-state index in [4.69, 9.17) is 9.97 Å². The molecule has 2 aliphatic carbocycles. The average Bonchev–Trinajstić information content (AvgIpc) is 3.00. The van der Waals surface area contributed by atoms with E-state index in [-0.39, 0.29) is 0 Å². The third-order valence-electron chi connectivity index (χ3n) is 4.30. The largest absolute Gasteiger partial charge is 0.310 e. The van der Waals surface area contributed by atoms with Gasteiger partial charge >= 0.3 is 0 Å². The molecule has 1 N–H and O–H groups in total. The summed E-state index contributed by atoms with van der Waals surface area (Å²) in [5.41, 5.74) is 3.67. The first-order valence-electron chi connectivity index (χ1n) is 7.31. The van der Waals surface area contributed by atoms with Crippen LogP contribution in [-0.2, 0) is 6.54 Å². The van der Waals surface area contributed by atoms with E-state index in [0.717, 1.165) is 18.4 Å². The van der Waals surface area contributed by atoms with Gasteiger partial charge in [0.05, 0.1) is 0 Å². The van der Waals surface area contributed by atoms with E-state index < -0.39 is 0 Å². The van der Waals surface area contributed by atoms with Crippen LogP contribution in [0.15, 0.2) is 0 Å². The number of aryl methyl sites for hydroxylation is 2. The molecule has 0 spiro atoms. The monoisotopic (exact) mass is 245 g/mol. The molecule has 0 bridgehead atoms. The van der Waals surface area contributed by atoms with Gasteiger partial charge in [-0.25, -0.2) is 9.97 Å². The van der Waals surface area contributed by atoms with Crippen LogP contribution < -0.4 is 5.32 Å². The highest BCUT2D eigenvalue weighted by molar-refractivity contribution is 5.25. The Labute approximate surface area is 109 Å².